The number of carboxylic acids is 1. The molecule has 5 heterocycles. The molecule has 3 aliphatic heterocycles. The number of rotatable bonds is 10. The lowest BCUT2D eigenvalue weighted by Crippen LogP contribution is -2.26. The number of fused-ring (bicyclic) bond motifs is 3. The number of benzene rings is 4. The Morgan fingerprint density at radius 1 is 0.891 bits per heavy atom. The number of ether oxygens (including phenoxy) is 1. The summed E-state index contributed by atoms with van der Waals surface area (Å²) < 4.78 is 14.9. The fraction of sp³-hybridized carbons (Fsp3) is 0.256. The van der Waals surface area contributed by atoms with Crippen LogP contribution in [0, 0.1) is 0 Å². The number of nitrogens with two attached hydrogens (primary N) is 1. The van der Waals surface area contributed by atoms with Crippen molar-refractivity contribution >= 4 is 45.5 Å². The van der Waals surface area contributed by atoms with Gasteiger partial charge in [0.1, 0.15) is 36.6 Å². The van der Waals surface area contributed by atoms with Crippen LogP contribution in [0.25, 0.3) is 44.6 Å². The molecule has 0 atom stereocenters. The SMILES string of the molecule is Nc1nc(OCc2ccc(CCC(=O)c3ccc(C(=O)O)c(-c4c5ccc(=[N+]6CCCC6)cc-5oc5cc(N6CCCC6)ccc45)c3)cc2)c2[nH]cnc2n1. The summed E-state index contributed by atoms with van der Waals surface area (Å²) in [5.41, 5.74) is 13.1. The molecule has 12 heteroatoms. The second-order valence-electron chi connectivity index (χ2n) is 14.3. The highest BCUT2D eigenvalue weighted by atomic mass is 16.5. The van der Waals surface area contributed by atoms with Crippen LogP contribution in [0.2, 0.25) is 0 Å². The molecular weight excluding hydrogens is 695 g/mol. The molecule has 0 unspecified atom stereocenters. The molecule has 0 saturated carbocycles. The fourth-order valence-electron chi connectivity index (χ4n) is 7.90. The summed E-state index contributed by atoms with van der Waals surface area (Å²) in [5.74, 6) is -0.0360. The quantitative estimate of drug-likeness (QED) is 0.0782. The third-order valence-corrected chi connectivity index (χ3v) is 10.8. The van der Waals surface area contributed by atoms with Gasteiger partial charge in [-0.3, -0.25) is 4.79 Å². The molecule has 276 valence electrons. The zero-order valence-electron chi connectivity index (χ0n) is 30.3. The Morgan fingerprint density at radius 3 is 2.49 bits per heavy atom. The van der Waals surface area contributed by atoms with Crippen LogP contribution in [-0.4, -0.2) is 63.0 Å². The zero-order valence-corrected chi connectivity index (χ0v) is 30.3. The first-order chi connectivity index (χ1) is 26.9. The average molecular weight is 735 g/mol. The maximum atomic E-state index is 13.8. The molecule has 2 fully saturated rings. The predicted molar refractivity (Wildman–Crippen MR) is 210 cm³/mol. The largest absolute Gasteiger partial charge is 0.478 e. The number of hydrogen-bond donors (Lipinski definition) is 3. The Labute approximate surface area is 316 Å². The van der Waals surface area contributed by atoms with Gasteiger partial charge in [0.25, 0.3) is 0 Å². The van der Waals surface area contributed by atoms with Gasteiger partial charge in [-0.05, 0) is 66.3 Å². The molecule has 0 radical (unpaired) electrons. The number of anilines is 2. The first kappa shape index (κ1) is 34.2. The highest BCUT2D eigenvalue weighted by Gasteiger charge is 2.25. The minimum atomic E-state index is -1.06. The van der Waals surface area contributed by atoms with Crippen molar-refractivity contribution < 1.29 is 23.8 Å². The first-order valence-corrected chi connectivity index (χ1v) is 18.8. The molecule has 2 saturated heterocycles. The van der Waals surface area contributed by atoms with Crippen LogP contribution >= 0.6 is 0 Å². The second-order valence-corrected chi connectivity index (χ2v) is 14.3. The van der Waals surface area contributed by atoms with Crippen LogP contribution in [0.3, 0.4) is 0 Å². The highest BCUT2D eigenvalue weighted by Crippen LogP contribution is 2.43. The predicted octanol–water partition coefficient (Wildman–Crippen LogP) is 6.71. The first-order valence-electron chi connectivity index (χ1n) is 18.8. The van der Waals surface area contributed by atoms with Crippen molar-refractivity contribution in [2.24, 2.45) is 0 Å². The number of aromatic nitrogens is 4. The lowest BCUT2D eigenvalue weighted by Gasteiger charge is -2.21. The lowest BCUT2D eigenvalue weighted by atomic mass is 9.88. The van der Waals surface area contributed by atoms with Gasteiger partial charge < -0.3 is 29.9 Å². The molecule has 0 spiro atoms. The Kier molecular flexibility index (Phi) is 8.93. The minimum absolute atomic E-state index is 0.0719. The number of H-pyrrole nitrogens is 1. The van der Waals surface area contributed by atoms with Gasteiger partial charge in [0, 0.05) is 72.2 Å². The second kappa shape index (κ2) is 14.3. The summed E-state index contributed by atoms with van der Waals surface area (Å²) in [6, 6.07) is 25.2. The molecule has 4 N–H and O–H groups in total. The molecular formula is C43H40N7O5+. The van der Waals surface area contributed by atoms with Crippen LogP contribution in [0.4, 0.5) is 11.6 Å². The molecule has 5 aromatic rings. The number of nitrogens with zero attached hydrogens (tertiary/aromatic N) is 5. The number of nitrogen functional groups attached to an aromatic ring is 1. The Hall–Kier alpha value is -6.56. The summed E-state index contributed by atoms with van der Waals surface area (Å²) in [5, 5.41) is 12.3. The Bertz CT molecular complexity index is 2630. The number of aromatic carboxylic acids is 1. The Morgan fingerprint density at radius 2 is 1.69 bits per heavy atom. The standard InChI is InChI=1S/C43H39N7O5/c44-43-47-40-39(45-25-46-40)41(48-43)54-24-27-7-5-26(6-8-27)9-16-35(51)28-10-13-31(42(52)53)34(21-28)38-32-14-11-29(49-17-1-2-18-49)22-36(32)55-37-23-30(12-15-33(37)38)50-19-3-4-20-50/h5-8,10-15,21-23,25H,1-4,9,16-20,24H2,(H3-,44,45,46,47,48,52,53)/p+1. The fourth-order valence-corrected chi connectivity index (χ4v) is 7.90. The van der Waals surface area contributed by atoms with Gasteiger partial charge in [-0.25, -0.2) is 14.4 Å². The monoisotopic (exact) mass is 734 g/mol. The third-order valence-electron chi connectivity index (χ3n) is 10.8. The number of imidazole rings is 1. The number of carbonyl (C=O) groups is 2. The van der Waals surface area contributed by atoms with Crippen molar-refractivity contribution in [2.75, 3.05) is 36.8 Å². The van der Waals surface area contributed by atoms with Gasteiger partial charge in [0.05, 0.1) is 18.0 Å². The number of carboxylic acid groups (broad SMARTS) is 1. The van der Waals surface area contributed by atoms with Crippen LogP contribution in [-0.2, 0) is 13.0 Å². The summed E-state index contributed by atoms with van der Waals surface area (Å²) >= 11 is 0. The van der Waals surface area contributed by atoms with E-state index in [0.29, 0.717) is 45.9 Å². The summed E-state index contributed by atoms with van der Waals surface area (Å²) in [6.45, 7) is 4.23. The molecule has 3 aromatic carbocycles. The van der Waals surface area contributed by atoms with Gasteiger partial charge in [-0.2, -0.15) is 9.97 Å². The third kappa shape index (κ3) is 6.75. The van der Waals surface area contributed by atoms with E-state index in [9.17, 15) is 14.7 Å². The van der Waals surface area contributed by atoms with Crippen LogP contribution in [0.1, 0.15) is 63.9 Å². The Balaban J connectivity index is 1.01. The van der Waals surface area contributed by atoms with E-state index in [1.807, 2.05) is 36.4 Å². The average Bonchev–Trinajstić information content (AvgIpc) is 4.02. The van der Waals surface area contributed by atoms with Crippen LogP contribution in [0.15, 0.2) is 89.6 Å². The van der Waals surface area contributed by atoms with E-state index in [4.69, 9.17) is 14.9 Å². The van der Waals surface area contributed by atoms with E-state index in [1.54, 1.807) is 18.2 Å². The van der Waals surface area contributed by atoms with Gasteiger partial charge in [-0.15, -0.1) is 0 Å². The van der Waals surface area contributed by atoms with Crippen molar-refractivity contribution in [3.63, 3.8) is 0 Å². The van der Waals surface area contributed by atoms with E-state index in [-0.39, 0.29) is 30.3 Å². The number of carbonyl (C=O) groups excluding carboxylic acids is 1. The van der Waals surface area contributed by atoms with E-state index in [0.717, 1.165) is 90.5 Å². The van der Waals surface area contributed by atoms with Crippen molar-refractivity contribution in [1.82, 2.24) is 24.5 Å². The number of nitrogens with one attached hydrogen (secondary N) is 1. The summed E-state index contributed by atoms with van der Waals surface area (Å²) in [6.07, 6.45) is 6.88. The molecule has 9 rings (SSSR count). The number of aromatic amines is 1. The van der Waals surface area contributed by atoms with Gasteiger partial charge in [-0.1, -0.05) is 30.3 Å². The number of aryl methyl sites for hydroxylation is 1. The van der Waals surface area contributed by atoms with Crippen molar-refractivity contribution in [3.8, 4) is 28.3 Å². The molecule has 55 heavy (non-hydrogen) atoms. The molecule has 0 amide bonds. The smallest absolute Gasteiger partial charge is 0.336 e. The van der Waals surface area contributed by atoms with Crippen LogP contribution < -0.4 is 25.3 Å². The molecule has 1 aliphatic carbocycles. The van der Waals surface area contributed by atoms with Gasteiger partial charge >= 0.3 is 5.97 Å². The van der Waals surface area contributed by atoms with E-state index >= 15 is 0 Å². The zero-order chi connectivity index (χ0) is 37.5. The van der Waals surface area contributed by atoms with Gasteiger partial charge in [0.15, 0.2) is 11.4 Å². The number of hydrogen-bond acceptors (Lipinski definition) is 9. The highest BCUT2D eigenvalue weighted by molar-refractivity contribution is 6.09. The molecule has 12 nitrogen and oxygen atoms in total. The summed E-state index contributed by atoms with van der Waals surface area (Å²) in [4.78, 5) is 44.3. The van der Waals surface area contributed by atoms with E-state index in [2.05, 4.69) is 53.7 Å². The number of Topliss-reactive ketones (excluding diaryl/α,β-unsaturated/α-hetero) is 1. The van der Waals surface area contributed by atoms with Gasteiger partial charge in [0.2, 0.25) is 17.2 Å². The maximum Gasteiger partial charge on any atom is 0.336 e. The normalized spacial score (nSPS) is 14.4. The van der Waals surface area contributed by atoms with E-state index in [1.165, 1.54) is 6.33 Å². The van der Waals surface area contributed by atoms with E-state index < -0.39 is 5.97 Å². The lowest BCUT2D eigenvalue weighted by molar-refractivity contribution is 0.0697. The maximum absolute atomic E-state index is 13.8. The topological polar surface area (TPSA) is 163 Å². The minimum Gasteiger partial charge on any atom is -0.478 e. The van der Waals surface area contributed by atoms with Crippen LogP contribution in [0.5, 0.6) is 5.88 Å². The van der Waals surface area contributed by atoms with Crippen molar-refractivity contribution in [1.29, 1.82) is 0 Å². The molecule has 2 aromatic heterocycles. The molecule has 0 bridgehead atoms. The van der Waals surface area contributed by atoms with Crippen molar-refractivity contribution in [2.45, 2.75) is 45.1 Å². The number of ketones is 1. The summed E-state index contributed by atoms with van der Waals surface area (Å²) in [7, 11) is 0. The van der Waals surface area contributed by atoms with Crippen molar-refractivity contribution in [3.05, 3.63) is 113 Å². The molecule has 4 aliphatic rings.